The predicted octanol–water partition coefficient (Wildman–Crippen LogP) is 7.72. The van der Waals surface area contributed by atoms with Crippen molar-refractivity contribution in [2.45, 2.75) is 39.5 Å². The summed E-state index contributed by atoms with van der Waals surface area (Å²) in [6.45, 7) is 4.16. The molecule has 2 saturated carbocycles. The molecule has 0 amide bonds. The lowest BCUT2D eigenvalue weighted by Crippen LogP contribution is -2.34. The Labute approximate surface area is 213 Å². The van der Waals surface area contributed by atoms with Crippen LogP contribution in [-0.2, 0) is 4.79 Å². The number of carbonyl (C=O) groups is 1. The number of aldehydes is 1. The molecular formula is C32H34N2O2. The summed E-state index contributed by atoms with van der Waals surface area (Å²) in [5.74, 6) is 2.40. The van der Waals surface area contributed by atoms with E-state index in [1.165, 1.54) is 35.8 Å². The third kappa shape index (κ3) is 4.73. The van der Waals surface area contributed by atoms with Crippen molar-refractivity contribution in [1.82, 2.24) is 0 Å². The van der Waals surface area contributed by atoms with Crippen LogP contribution in [0.3, 0.4) is 0 Å². The number of nitrogens with zero attached hydrogens (tertiary/aromatic N) is 1. The van der Waals surface area contributed by atoms with Crippen LogP contribution < -0.4 is 5.32 Å². The van der Waals surface area contributed by atoms with Gasteiger partial charge in [0.25, 0.3) is 0 Å². The Kier molecular flexibility index (Phi) is 7.04. The second kappa shape index (κ2) is 10.5. The fourth-order valence-electron chi connectivity index (χ4n) is 5.98. The average molecular weight is 479 g/mol. The number of anilines is 1. The molecule has 0 spiro atoms. The molecule has 0 heterocycles. The van der Waals surface area contributed by atoms with Gasteiger partial charge in [-0.1, -0.05) is 36.4 Å². The molecule has 8 rings (SSSR count). The summed E-state index contributed by atoms with van der Waals surface area (Å²) < 4.78 is 0. The Bertz CT molecular complexity index is 1260. The lowest BCUT2D eigenvalue weighted by molar-refractivity contribution is -0.105. The lowest BCUT2D eigenvalue weighted by atomic mass is 9.60. The highest BCUT2D eigenvalue weighted by Gasteiger charge is 2.41. The summed E-state index contributed by atoms with van der Waals surface area (Å²) in [4.78, 5) is 15.4. The van der Waals surface area contributed by atoms with Crippen molar-refractivity contribution in [3.05, 3.63) is 107 Å². The quantitative estimate of drug-likeness (QED) is 0.263. The molecule has 184 valence electrons. The molecule has 0 aromatic heterocycles. The molecule has 6 aliphatic rings. The molecule has 6 aliphatic carbocycles. The van der Waals surface area contributed by atoms with Crippen LogP contribution in [0.1, 0.15) is 39.5 Å². The number of allylic oxidation sites excluding steroid dienone is 6. The highest BCUT2D eigenvalue weighted by atomic mass is 16.2. The van der Waals surface area contributed by atoms with Gasteiger partial charge in [-0.2, -0.15) is 0 Å². The summed E-state index contributed by atoms with van der Waals surface area (Å²) in [7, 11) is 0. The fraction of sp³-hybridized carbons (Fsp3) is 0.312. The Hall–Kier alpha value is -3.66. The van der Waals surface area contributed by atoms with Gasteiger partial charge in [-0.25, -0.2) is 0 Å². The van der Waals surface area contributed by atoms with E-state index in [0.29, 0.717) is 23.7 Å². The van der Waals surface area contributed by atoms with Gasteiger partial charge in [0.2, 0.25) is 0 Å². The number of hydrogen-bond donors (Lipinski definition) is 2. The summed E-state index contributed by atoms with van der Waals surface area (Å²) in [6, 6.07) is 20.5. The van der Waals surface area contributed by atoms with E-state index in [-0.39, 0.29) is 0 Å². The van der Waals surface area contributed by atoms with Crippen molar-refractivity contribution in [3.8, 4) is 0 Å². The van der Waals surface area contributed by atoms with Gasteiger partial charge in [0.15, 0.2) is 0 Å². The van der Waals surface area contributed by atoms with Crippen LogP contribution in [0.4, 0.5) is 11.4 Å². The number of para-hydroxylation sites is 2. The van der Waals surface area contributed by atoms with Gasteiger partial charge in [0, 0.05) is 18.1 Å². The molecule has 2 fully saturated rings. The molecule has 0 atom stereocenters. The van der Waals surface area contributed by atoms with E-state index < -0.39 is 0 Å². The normalized spacial score (nSPS) is 28.4. The van der Waals surface area contributed by atoms with Crippen LogP contribution in [-0.4, -0.2) is 17.6 Å². The third-order valence-corrected chi connectivity index (χ3v) is 8.31. The fourth-order valence-corrected chi connectivity index (χ4v) is 5.98. The summed E-state index contributed by atoms with van der Waals surface area (Å²) >= 11 is 0. The average Bonchev–Trinajstić information content (AvgIpc) is 2.87. The first-order valence-corrected chi connectivity index (χ1v) is 12.9. The van der Waals surface area contributed by atoms with E-state index in [4.69, 9.17) is 5.11 Å². The first-order chi connectivity index (χ1) is 17.6. The predicted molar refractivity (Wildman–Crippen MR) is 147 cm³/mol. The third-order valence-electron chi connectivity index (χ3n) is 8.31. The molecule has 2 N–H and O–H groups in total. The number of nitrogens with one attached hydrogen (secondary N) is 1. The molecule has 0 radical (unpaired) electrons. The summed E-state index contributed by atoms with van der Waals surface area (Å²) in [6.07, 6.45) is 11.0. The van der Waals surface area contributed by atoms with Gasteiger partial charge in [-0.05, 0) is 121 Å². The minimum Gasteiger partial charge on any atom is -0.515 e. The van der Waals surface area contributed by atoms with Gasteiger partial charge < -0.3 is 10.4 Å². The van der Waals surface area contributed by atoms with Gasteiger partial charge in [0.1, 0.15) is 6.29 Å². The van der Waals surface area contributed by atoms with Crippen LogP contribution in [0.2, 0.25) is 0 Å². The summed E-state index contributed by atoms with van der Waals surface area (Å²) in [5, 5.41) is 12.4. The highest BCUT2D eigenvalue weighted by Crippen LogP contribution is 2.51. The van der Waals surface area contributed by atoms with Gasteiger partial charge >= 0.3 is 0 Å². The zero-order valence-electron chi connectivity index (χ0n) is 21.0. The number of fused-ring (bicyclic) bond motifs is 2. The largest absolute Gasteiger partial charge is 0.515 e. The van der Waals surface area contributed by atoms with Gasteiger partial charge in [-0.15, -0.1) is 0 Å². The van der Waals surface area contributed by atoms with E-state index >= 15 is 0 Å². The van der Waals surface area contributed by atoms with Crippen LogP contribution in [0.15, 0.2) is 112 Å². The second-order valence-electron chi connectivity index (χ2n) is 10.3. The van der Waals surface area contributed by atoms with Crippen LogP contribution in [0.25, 0.3) is 0 Å². The molecule has 4 heteroatoms. The van der Waals surface area contributed by atoms with Crippen molar-refractivity contribution in [2.24, 2.45) is 28.7 Å². The molecule has 4 bridgehead atoms. The zero-order chi connectivity index (χ0) is 25.1. The van der Waals surface area contributed by atoms with Crippen molar-refractivity contribution >= 4 is 23.9 Å². The van der Waals surface area contributed by atoms with Crippen LogP contribution in [0, 0.1) is 23.7 Å². The topological polar surface area (TPSA) is 61.7 Å². The Morgan fingerprint density at radius 3 is 1.94 bits per heavy atom. The maximum Gasteiger partial charge on any atom is 0.146 e. The van der Waals surface area contributed by atoms with Crippen LogP contribution in [0.5, 0.6) is 0 Å². The zero-order valence-corrected chi connectivity index (χ0v) is 21.0. The van der Waals surface area contributed by atoms with E-state index in [2.05, 4.69) is 53.9 Å². The van der Waals surface area contributed by atoms with E-state index in [1.54, 1.807) is 0 Å². The Morgan fingerprint density at radius 2 is 1.33 bits per heavy atom. The minimum atomic E-state index is 0.483. The molecule has 36 heavy (non-hydrogen) atoms. The molecular weight excluding hydrogens is 444 g/mol. The smallest absolute Gasteiger partial charge is 0.146 e. The maximum atomic E-state index is 10.7. The molecule has 2 aromatic carbocycles. The van der Waals surface area contributed by atoms with Crippen LogP contribution >= 0.6 is 0 Å². The number of benzene rings is 2. The SMILES string of the molecule is CC1=C(C=Nc2ccccc2)C2CC(C2)/C1=C\Nc1ccccc1.CC1=C(C=O)C2CC(C2)/C1=C\O. The summed E-state index contributed by atoms with van der Waals surface area (Å²) in [5.41, 5.74) is 9.27. The first-order valence-electron chi connectivity index (χ1n) is 12.9. The number of hydrogen-bond acceptors (Lipinski definition) is 4. The molecule has 4 nitrogen and oxygen atoms in total. The van der Waals surface area contributed by atoms with Crippen molar-refractivity contribution in [3.63, 3.8) is 0 Å². The van der Waals surface area contributed by atoms with Crippen molar-refractivity contribution < 1.29 is 9.90 Å². The van der Waals surface area contributed by atoms with Gasteiger partial charge in [0.05, 0.1) is 11.9 Å². The first kappa shape index (κ1) is 24.1. The van der Waals surface area contributed by atoms with E-state index in [9.17, 15) is 4.79 Å². The minimum absolute atomic E-state index is 0.483. The van der Waals surface area contributed by atoms with E-state index in [0.717, 1.165) is 47.2 Å². The molecule has 0 unspecified atom stereocenters. The molecule has 0 aliphatic heterocycles. The van der Waals surface area contributed by atoms with E-state index in [1.807, 2.05) is 43.3 Å². The monoisotopic (exact) mass is 478 g/mol. The van der Waals surface area contributed by atoms with Crippen molar-refractivity contribution in [2.75, 3.05) is 5.32 Å². The number of aliphatic hydroxyl groups excluding tert-OH is 1. The number of carbonyl (C=O) groups excluding carboxylic acids is 1. The number of aliphatic hydroxyl groups is 1. The highest BCUT2D eigenvalue weighted by molar-refractivity contribution is 5.85. The standard InChI is InChI=1S/C22H22N2.C10H12O2/c1-16-21(14-23-19-8-4-2-5-9-19)17-12-18(13-17)22(16)15-24-20-10-6-3-7-11-20;1-6-9(4-11)7-2-8(3-7)10(6)5-12/h2-11,14-15,17-18,23H,12-13H2,1H3;4-5,7-8,11H,2-3H2,1H3/b21-14-,24-15?;9-4-. The number of aliphatic imine (C=N–C) groups is 1. The Morgan fingerprint density at radius 1 is 0.778 bits per heavy atom. The number of rotatable bonds is 5. The Balaban J connectivity index is 0.000000186. The second-order valence-corrected chi connectivity index (χ2v) is 10.3. The maximum absolute atomic E-state index is 10.7. The van der Waals surface area contributed by atoms with Gasteiger partial charge in [-0.3, -0.25) is 9.79 Å². The van der Waals surface area contributed by atoms with Crippen molar-refractivity contribution in [1.29, 1.82) is 0 Å². The molecule has 0 saturated heterocycles. The molecule has 2 aromatic rings. The lowest BCUT2D eigenvalue weighted by Gasteiger charge is -2.44.